The van der Waals surface area contributed by atoms with Gasteiger partial charge >= 0.3 is 7.75 Å². The highest BCUT2D eigenvalue weighted by atomic mass is 32.2. The van der Waals surface area contributed by atoms with E-state index in [1.165, 1.54) is 0 Å². The smallest absolute Gasteiger partial charge is 0.312 e. The van der Waals surface area contributed by atoms with Crippen molar-refractivity contribution in [2.24, 2.45) is 0 Å². The second-order valence-corrected chi connectivity index (χ2v) is 3.30. The van der Waals surface area contributed by atoms with Crippen LogP contribution in [-0.2, 0) is 15.5 Å². The molecule has 0 amide bonds. The van der Waals surface area contributed by atoms with Crippen molar-refractivity contribution in [2.45, 2.75) is 0 Å². The van der Waals surface area contributed by atoms with Gasteiger partial charge in [0.25, 0.3) is 0 Å². The standard InChI is InChI=1S/H4NO5PS/c2-7(3,4)1-8(5)6/h8H,(H3,1,2,3,4,5,6). The van der Waals surface area contributed by atoms with Crippen molar-refractivity contribution >= 4 is 18.6 Å². The van der Waals surface area contributed by atoms with Gasteiger partial charge in [-0.25, -0.2) is 13.0 Å². The van der Waals surface area contributed by atoms with Crippen LogP contribution < -0.4 is 4.49 Å². The summed E-state index contributed by atoms with van der Waals surface area (Å²) in [4.78, 5) is 15.6. The molecule has 0 saturated heterocycles. The lowest BCUT2D eigenvalue weighted by Crippen LogP contribution is -2.05. The fourth-order valence-corrected chi connectivity index (χ4v) is 0.957. The molecule has 0 atom stereocenters. The third-order valence-electron chi connectivity index (χ3n) is 0.212. The lowest BCUT2D eigenvalue weighted by Gasteiger charge is -1.94. The third-order valence-corrected chi connectivity index (χ3v) is 1.91. The van der Waals surface area contributed by atoms with Gasteiger partial charge in [0.15, 0.2) is 0 Å². The molecule has 0 aliphatic rings. The Bertz CT molecular complexity index is 167. The van der Waals surface area contributed by atoms with Crippen LogP contribution in [0.3, 0.4) is 0 Å². The van der Waals surface area contributed by atoms with Crippen LogP contribution in [0, 0.1) is 0 Å². The van der Waals surface area contributed by atoms with E-state index in [1.54, 1.807) is 0 Å². The Kier molecular flexibility index (Phi) is 2.58. The van der Waals surface area contributed by atoms with Crippen LogP contribution in [0.25, 0.3) is 0 Å². The Labute approximate surface area is 46.8 Å². The molecule has 0 rings (SSSR count). The molecule has 0 saturated carbocycles. The molecule has 0 radical (unpaired) electrons. The lowest BCUT2D eigenvalue weighted by atomic mass is 13.9. The Morgan fingerprint density at radius 3 is 1.75 bits per heavy atom. The monoisotopic (exact) mass is 161 g/mol. The van der Waals surface area contributed by atoms with Crippen LogP contribution in [0.1, 0.15) is 0 Å². The zero-order valence-electron chi connectivity index (χ0n) is 3.51. The van der Waals surface area contributed by atoms with Crippen molar-refractivity contribution in [3.05, 3.63) is 0 Å². The van der Waals surface area contributed by atoms with Gasteiger partial charge in [0, 0.05) is 0 Å². The SMILES string of the molecule is O=[SH](=O)NP(=O)(O)O. The van der Waals surface area contributed by atoms with Crippen molar-refractivity contribution in [1.82, 2.24) is 4.49 Å². The third kappa shape index (κ3) is 6.06. The normalized spacial score (nSPS) is 12.4. The van der Waals surface area contributed by atoms with E-state index < -0.39 is 18.6 Å². The van der Waals surface area contributed by atoms with Crippen molar-refractivity contribution in [2.75, 3.05) is 0 Å². The molecule has 8 heteroatoms. The molecule has 0 aromatic heterocycles. The summed E-state index contributed by atoms with van der Waals surface area (Å²) in [6.45, 7) is 0. The second kappa shape index (κ2) is 2.56. The summed E-state index contributed by atoms with van der Waals surface area (Å²) in [5.41, 5.74) is 0. The topological polar surface area (TPSA) is 104 Å². The molecular formula is H4NO5PS. The van der Waals surface area contributed by atoms with Crippen LogP contribution in [0.2, 0.25) is 0 Å². The summed E-state index contributed by atoms with van der Waals surface area (Å²) in [5, 5.41) is 0. The summed E-state index contributed by atoms with van der Waals surface area (Å²) in [6, 6.07) is 0. The molecular weight excluding hydrogens is 157 g/mol. The lowest BCUT2D eigenvalue weighted by molar-refractivity contribution is 0.368. The molecule has 6 nitrogen and oxygen atoms in total. The van der Waals surface area contributed by atoms with Crippen LogP contribution in [-0.4, -0.2) is 18.2 Å². The van der Waals surface area contributed by atoms with E-state index >= 15 is 0 Å². The first-order valence-corrected chi connectivity index (χ1v) is 4.18. The highest BCUT2D eigenvalue weighted by Crippen LogP contribution is 2.27. The summed E-state index contributed by atoms with van der Waals surface area (Å²) < 4.78 is 29.5. The number of hydrogen-bond donors (Lipinski definition) is 4. The number of nitrogens with one attached hydrogen (secondary N) is 1. The number of rotatable bonds is 2. The Balaban J connectivity index is 3.94. The van der Waals surface area contributed by atoms with Crippen LogP contribution in [0.5, 0.6) is 0 Å². The van der Waals surface area contributed by atoms with E-state index in [9.17, 15) is 13.0 Å². The Morgan fingerprint density at radius 2 is 1.75 bits per heavy atom. The largest absolute Gasteiger partial charge is 0.413 e. The first kappa shape index (κ1) is 8.06. The van der Waals surface area contributed by atoms with Crippen molar-refractivity contribution in [1.29, 1.82) is 0 Å². The molecule has 0 aromatic carbocycles. The van der Waals surface area contributed by atoms with Gasteiger partial charge in [-0.2, -0.15) is 0 Å². The highest BCUT2D eigenvalue weighted by Gasteiger charge is 2.11. The minimum Gasteiger partial charge on any atom is -0.312 e. The zero-order valence-corrected chi connectivity index (χ0v) is 5.30. The van der Waals surface area contributed by atoms with Gasteiger partial charge in [0.1, 0.15) is 0 Å². The van der Waals surface area contributed by atoms with E-state index in [0.717, 1.165) is 4.49 Å². The molecule has 0 unspecified atom stereocenters. The Hall–Kier alpha value is 0.0600. The van der Waals surface area contributed by atoms with Gasteiger partial charge in [0.05, 0.1) is 0 Å². The molecule has 8 heavy (non-hydrogen) atoms. The average molecular weight is 161 g/mol. The van der Waals surface area contributed by atoms with Crippen LogP contribution in [0.15, 0.2) is 0 Å². The van der Waals surface area contributed by atoms with Crippen LogP contribution >= 0.6 is 7.75 Å². The molecule has 0 bridgehead atoms. The minimum atomic E-state index is -4.57. The van der Waals surface area contributed by atoms with Gasteiger partial charge in [-0.3, -0.25) is 0 Å². The summed E-state index contributed by atoms with van der Waals surface area (Å²) in [6.07, 6.45) is 0. The fourth-order valence-electron chi connectivity index (χ4n) is 0.106. The molecule has 0 aromatic rings. The molecule has 0 aliphatic carbocycles. The van der Waals surface area contributed by atoms with Crippen LogP contribution in [0.4, 0.5) is 0 Å². The maximum Gasteiger partial charge on any atom is 0.413 e. The number of hydrogen-bond acceptors (Lipinski definition) is 3. The van der Waals surface area contributed by atoms with Crippen molar-refractivity contribution < 1.29 is 22.8 Å². The van der Waals surface area contributed by atoms with Crippen molar-refractivity contribution in [3.63, 3.8) is 0 Å². The van der Waals surface area contributed by atoms with Gasteiger partial charge in [-0.15, -0.1) is 4.49 Å². The quantitative estimate of drug-likeness (QED) is 0.282. The predicted molar refractivity (Wildman–Crippen MR) is 25.5 cm³/mol. The molecule has 0 spiro atoms. The first-order chi connectivity index (χ1) is 3.42. The zero-order chi connectivity index (χ0) is 6.78. The molecule has 50 valence electrons. The second-order valence-electron chi connectivity index (χ2n) is 0.901. The van der Waals surface area contributed by atoms with Crippen molar-refractivity contribution in [3.8, 4) is 0 Å². The maximum absolute atomic E-state index is 9.64. The average Bonchev–Trinajstić information content (AvgIpc) is 1.21. The van der Waals surface area contributed by atoms with E-state index in [2.05, 4.69) is 0 Å². The van der Waals surface area contributed by atoms with E-state index in [1.807, 2.05) is 0 Å². The maximum atomic E-state index is 9.64. The summed E-state index contributed by atoms with van der Waals surface area (Å²) >= 11 is 0. The Morgan fingerprint density at radius 1 is 1.38 bits per heavy atom. The van der Waals surface area contributed by atoms with Gasteiger partial charge in [-0.1, -0.05) is 0 Å². The van der Waals surface area contributed by atoms with E-state index in [4.69, 9.17) is 9.79 Å². The molecule has 0 fully saturated rings. The number of thiol groups is 1. The predicted octanol–water partition coefficient (Wildman–Crippen LogP) is -1.80. The first-order valence-electron chi connectivity index (χ1n) is 1.39. The fraction of sp³-hybridized carbons (Fsp3) is 0. The molecule has 0 heterocycles. The van der Waals surface area contributed by atoms with E-state index in [0.29, 0.717) is 0 Å². The van der Waals surface area contributed by atoms with Gasteiger partial charge in [0.2, 0.25) is 10.9 Å². The highest BCUT2D eigenvalue weighted by molar-refractivity contribution is 7.78. The van der Waals surface area contributed by atoms with E-state index in [-0.39, 0.29) is 0 Å². The molecule has 0 aliphatic heterocycles. The summed E-state index contributed by atoms with van der Waals surface area (Å²) in [5.74, 6) is 0. The molecule has 3 N–H and O–H groups in total. The summed E-state index contributed by atoms with van der Waals surface area (Å²) in [7, 11) is -7.77. The minimum absolute atomic E-state index is 1.00. The van der Waals surface area contributed by atoms with Gasteiger partial charge < -0.3 is 9.79 Å². The van der Waals surface area contributed by atoms with Gasteiger partial charge in [-0.05, 0) is 0 Å².